The summed E-state index contributed by atoms with van der Waals surface area (Å²) in [6.45, 7) is 1.94. The minimum absolute atomic E-state index is 0.0300. The zero-order valence-electron chi connectivity index (χ0n) is 9.12. The van der Waals surface area contributed by atoms with Crippen LogP contribution in [0.1, 0.15) is 11.3 Å². The predicted octanol–water partition coefficient (Wildman–Crippen LogP) is 2.77. The van der Waals surface area contributed by atoms with E-state index >= 15 is 0 Å². The van der Waals surface area contributed by atoms with E-state index < -0.39 is 5.97 Å². The van der Waals surface area contributed by atoms with Gasteiger partial charge in [0.2, 0.25) is 0 Å². The Morgan fingerprint density at radius 3 is 2.81 bits per heavy atom. The molecule has 2 aromatic rings. The van der Waals surface area contributed by atoms with E-state index in [1.165, 1.54) is 0 Å². The summed E-state index contributed by atoms with van der Waals surface area (Å²) in [6.07, 6.45) is 0.0300. The minimum atomic E-state index is -0.824. The van der Waals surface area contributed by atoms with Gasteiger partial charge in [0.15, 0.2) is 0 Å². The molecule has 0 bridgehead atoms. The molecule has 0 radical (unpaired) electrons. The summed E-state index contributed by atoms with van der Waals surface area (Å²) >= 11 is 6.04. The number of halogens is 1. The van der Waals surface area contributed by atoms with Gasteiger partial charge in [-0.15, -0.1) is 0 Å². The zero-order chi connectivity index (χ0) is 11.9. The van der Waals surface area contributed by atoms with Crippen molar-refractivity contribution in [2.24, 2.45) is 7.05 Å². The van der Waals surface area contributed by atoms with Crippen molar-refractivity contribution in [3.8, 4) is 0 Å². The van der Waals surface area contributed by atoms with Gasteiger partial charge in [0.05, 0.1) is 11.9 Å². The van der Waals surface area contributed by atoms with Crippen molar-refractivity contribution in [2.75, 3.05) is 0 Å². The molecule has 0 aliphatic rings. The second-order valence-electron chi connectivity index (χ2n) is 3.88. The molecule has 0 unspecified atom stereocenters. The molecule has 0 amide bonds. The molecule has 4 heteroatoms. The smallest absolute Gasteiger partial charge is 0.309 e. The first-order valence-corrected chi connectivity index (χ1v) is 5.33. The van der Waals surface area contributed by atoms with Gasteiger partial charge in [0, 0.05) is 23.2 Å². The quantitative estimate of drug-likeness (QED) is 0.873. The summed E-state index contributed by atoms with van der Waals surface area (Å²) in [6, 6.07) is 5.65. The molecule has 0 aliphatic heterocycles. The Hall–Kier alpha value is -1.48. The third-order valence-corrected chi connectivity index (χ3v) is 3.23. The van der Waals surface area contributed by atoms with Crippen molar-refractivity contribution in [3.63, 3.8) is 0 Å². The predicted molar refractivity (Wildman–Crippen MR) is 64.0 cm³/mol. The van der Waals surface area contributed by atoms with Gasteiger partial charge in [-0.1, -0.05) is 17.7 Å². The van der Waals surface area contributed by atoms with E-state index in [-0.39, 0.29) is 6.42 Å². The molecule has 2 rings (SSSR count). The Labute approximate surface area is 98.3 Å². The standard InChI is InChI=1S/C12H12ClNO2/c1-7-10(13)4-3-8-5-9(6-11(15)16)14(2)12(7)8/h3-5H,6H2,1-2H3,(H,15,16). The maximum Gasteiger partial charge on any atom is 0.309 e. The van der Waals surface area contributed by atoms with Crippen molar-refractivity contribution < 1.29 is 9.90 Å². The van der Waals surface area contributed by atoms with Crippen LogP contribution in [-0.4, -0.2) is 15.6 Å². The second kappa shape index (κ2) is 3.83. The molecule has 0 spiro atoms. The average Bonchev–Trinajstić information content (AvgIpc) is 2.50. The first-order chi connectivity index (χ1) is 7.50. The lowest BCUT2D eigenvalue weighted by molar-refractivity contribution is -0.136. The molecular weight excluding hydrogens is 226 g/mol. The van der Waals surface area contributed by atoms with Crippen LogP contribution < -0.4 is 0 Å². The Kier molecular flexibility index (Phi) is 2.64. The lowest BCUT2D eigenvalue weighted by atomic mass is 10.1. The maximum absolute atomic E-state index is 10.7. The molecular formula is C12H12ClNO2. The fourth-order valence-corrected chi connectivity index (χ4v) is 2.16. The van der Waals surface area contributed by atoms with Crippen molar-refractivity contribution in [1.29, 1.82) is 0 Å². The largest absolute Gasteiger partial charge is 0.481 e. The molecule has 1 heterocycles. The Balaban J connectivity index is 2.69. The van der Waals surface area contributed by atoms with E-state index in [1.807, 2.05) is 36.7 Å². The first kappa shape index (κ1) is 11.0. The number of rotatable bonds is 2. The molecule has 3 nitrogen and oxygen atoms in total. The topological polar surface area (TPSA) is 42.2 Å². The van der Waals surface area contributed by atoms with Gasteiger partial charge in [-0.3, -0.25) is 4.79 Å². The molecule has 0 aliphatic carbocycles. The number of carbonyl (C=O) groups is 1. The van der Waals surface area contributed by atoms with E-state index in [0.717, 1.165) is 22.2 Å². The highest BCUT2D eigenvalue weighted by molar-refractivity contribution is 6.32. The highest BCUT2D eigenvalue weighted by Gasteiger charge is 2.11. The monoisotopic (exact) mass is 237 g/mol. The van der Waals surface area contributed by atoms with Crippen molar-refractivity contribution >= 4 is 28.5 Å². The van der Waals surface area contributed by atoms with Crippen molar-refractivity contribution in [3.05, 3.63) is 34.5 Å². The summed E-state index contributed by atoms with van der Waals surface area (Å²) < 4.78 is 1.89. The molecule has 0 saturated heterocycles. The Morgan fingerprint density at radius 1 is 1.50 bits per heavy atom. The molecule has 1 aromatic heterocycles. The first-order valence-electron chi connectivity index (χ1n) is 4.96. The van der Waals surface area contributed by atoms with Gasteiger partial charge in [0.25, 0.3) is 0 Å². The number of hydrogen-bond donors (Lipinski definition) is 1. The Morgan fingerprint density at radius 2 is 2.19 bits per heavy atom. The summed E-state index contributed by atoms with van der Waals surface area (Å²) in [4.78, 5) is 10.7. The number of benzene rings is 1. The van der Waals surface area contributed by atoms with Crippen LogP contribution in [0, 0.1) is 6.92 Å². The van der Waals surface area contributed by atoms with Crippen LogP contribution in [0.25, 0.3) is 10.9 Å². The van der Waals surface area contributed by atoms with Crippen LogP contribution in [0.3, 0.4) is 0 Å². The lowest BCUT2D eigenvalue weighted by Crippen LogP contribution is -2.05. The van der Waals surface area contributed by atoms with Gasteiger partial charge in [-0.2, -0.15) is 0 Å². The number of aryl methyl sites for hydroxylation is 2. The summed E-state index contributed by atoms with van der Waals surface area (Å²) in [5.74, 6) is -0.824. The Bertz CT molecular complexity index is 572. The number of carboxylic acids is 1. The normalized spacial score (nSPS) is 10.9. The van der Waals surface area contributed by atoms with Crippen LogP contribution in [0.5, 0.6) is 0 Å². The molecule has 0 saturated carbocycles. The second-order valence-corrected chi connectivity index (χ2v) is 4.28. The van der Waals surface area contributed by atoms with Crippen molar-refractivity contribution in [2.45, 2.75) is 13.3 Å². The van der Waals surface area contributed by atoms with Crippen LogP contribution in [0.15, 0.2) is 18.2 Å². The van der Waals surface area contributed by atoms with Crippen molar-refractivity contribution in [1.82, 2.24) is 4.57 Å². The van der Waals surface area contributed by atoms with Gasteiger partial charge in [0.1, 0.15) is 0 Å². The lowest BCUT2D eigenvalue weighted by Gasteiger charge is -2.05. The molecule has 0 fully saturated rings. The highest BCUT2D eigenvalue weighted by atomic mass is 35.5. The van der Waals surface area contributed by atoms with Crippen LogP contribution in [0.2, 0.25) is 5.02 Å². The minimum Gasteiger partial charge on any atom is -0.481 e. The number of aliphatic carboxylic acids is 1. The van der Waals surface area contributed by atoms with E-state index in [0.29, 0.717) is 5.02 Å². The number of nitrogens with zero attached hydrogens (tertiary/aromatic N) is 1. The SMILES string of the molecule is Cc1c(Cl)ccc2cc(CC(=O)O)n(C)c12. The summed E-state index contributed by atoms with van der Waals surface area (Å²) in [5.41, 5.74) is 2.77. The molecule has 0 atom stereocenters. The average molecular weight is 238 g/mol. The number of fused-ring (bicyclic) bond motifs is 1. The fourth-order valence-electron chi connectivity index (χ4n) is 2.00. The molecule has 1 N–H and O–H groups in total. The molecule has 16 heavy (non-hydrogen) atoms. The van der Waals surface area contributed by atoms with Gasteiger partial charge in [-0.25, -0.2) is 0 Å². The highest BCUT2D eigenvalue weighted by Crippen LogP contribution is 2.27. The molecule has 84 valence electrons. The van der Waals surface area contributed by atoms with Gasteiger partial charge >= 0.3 is 5.97 Å². The van der Waals surface area contributed by atoms with Crippen LogP contribution >= 0.6 is 11.6 Å². The van der Waals surface area contributed by atoms with E-state index in [9.17, 15) is 4.79 Å². The van der Waals surface area contributed by atoms with E-state index in [2.05, 4.69) is 0 Å². The summed E-state index contributed by atoms with van der Waals surface area (Å²) in [7, 11) is 1.87. The summed E-state index contributed by atoms with van der Waals surface area (Å²) in [5, 5.41) is 10.5. The fraction of sp³-hybridized carbons (Fsp3) is 0.250. The number of carboxylic acid groups (broad SMARTS) is 1. The van der Waals surface area contributed by atoms with E-state index in [4.69, 9.17) is 16.7 Å². The van der Waals surface area contributed by atoms with Gasteiger partial charge < -0.3 is 9.67 Å². The number of aromatic nitrogens is 1. The number of hydrogen-bond acceptors (Lipinski definition) is 1. The zero-order valence-corrected chi connectivity index (χ0v) is 9.88. The molecule has 1 aromatic carbocycles. The van der Waals surface area contributed by atoms with Gasteiger partial charge in [-0.05, 0) is 24.6 Å². The third kappa shape index (κ3) is 1.67. The maximum atomic E-state index is 10.7. The third-order valence-electron chi connectivity index (χ3n) is 2.82. The van der Waals surface area contributed by atoms with E-state index in [1.54, 1.807) is 0 Å². The van der Waals surface area contributed by atoms with Crippen LogP contribution in [-0.2, 0) is 18.3 Å². The van der Waals surface area contributed by atoms with Crippen LogP contribution in [0.4, 0.5) is 0 Å².